The number of nitrogens with one attached hydrogen (secondary N) is 1. The fourth-order valence-corrected chi connectivity index (χ4v) is 2.96. The van der Waals surface area contributed by atoms with Gasteiger partial charge in [0.1, 0.15) is 0 Å². The molecule has 128 valence electrons. The minimum Gasteiger partial charge on any atom is -0.379 e. The Hall–Kier alpha value is -0.850. The van der Waals surface area contributed by atoms with Crippen molar-refractivity contribution in [1.82, 2.24) is 10.2 Å². The van der Waals surface area contributed by atoms with Crippen LogP contribution in [0.1, 0.15) is 38.5 Å². The predicted octanol–water partition coefficient (Wildman–Crippen LogP) is 0.962. The number of nitrogens with zero attached hydrogens (tertiary/aromatic N) is 2. The van der Waals surface area contributed by atoms with Crippen LogP contribution in [0.2, 0.25) is 0 Å². The van der Waals surface area contributed by atoms with E-state index >= 15 is 0 Å². The number of ether oxygens (including phenoxy) is 2. The van der Waals surface area contributed by atoms with Gasteiger partial charge in [0.05, 0.1) is 19.3 Å². The van der Waals surface area contributed by atoms with E-state index in [1.807, 2.05) is 0 Å². The summed E-state index contributed by atoms with van der Waals surface area (Å²) in [6.45, 7) is 7.50. The minimum absolute atomic E-state index is 0.460. The van der Waals surface area contributed by atoms with Crippen molar-refractivity contribution in [3.05, 3.63) is 0 Å². The van der Waals surface area contributed by atoms with Gasteiger partial charge in [0, 0.05) is 39.3 Å². The van der Waals surface area contributed by atoms with Crippen molar-refractivity contribution < 1.29 is 9.47 Å². The van der Waals surface area contributed by atoms with Crippen molar-refractivity contribution >= 4 is 5.96 Å². The van der Waals surface area contributed by atoms with Crippen molar-refractivity contribution in [2.45, 2.75) is 44.6 Å². The molecule has 0 aromatic heterocycles. The molecule has 0 spiro atoms. The van der Waals surface area contributed by atoms with Crippen LogP contribution < -0.4 is 11.1 Å². The number of hydrogen-bond donors (Lipinski definition) is 2. The zero-order chi connectivity index (χ0) is 15.5. The molecule has 2 aliphatic heterocycles. The number of hydrogen-bond acceptors (Lipinski definition) is 4. The normalized spacial score (nSPS) is 24.4. The third kappa shape index (κ3) is 7.42. The number of morpholine rings is 1. The third-order valence-corrected chi connectivity index (χ3v) is 4.30. The van der Waals surface area contributed by atoms with Crippen LogP contribution in [0.5, 0.6) is 0 Å². The van der Waals surface area contributed by atoms with E-state index in [-0.39, 0.29) is 0 Å². The molecule has 0 aliphatic carbocycles. The van der Waals surface area contributed by atoms with Crippen LogP contribution >= 0.6 is 0 Å². The van der Waals surface area contributed by atoms with Crippen LogP contribution in [0.3, 0.4) is 0 Å². The predicted molar refractivity (Wildman–Crippen MR) is 89.2 cm³/mol. The van der Waals surface area contributed by atoms with Crippen molar-refractivity contribution in [3.8, 4) is 0 Å². The lowest BCUT2D eigenvalue weighted by molar-refractivity contribution is 0.0104. The smallest absolute Gasteiger partial charge is 0.188 e. The SMILES string of the molecule is NC(=NCCCN1CCOCC1)NCCCC1CCCCO1. The molecule has 2 fully saturated rings. The Morgan fingerprint density at radius 2 is 2.05 bits per heavy atom. The molecule has 22 heavy (non-hydrogen) atoms. The summed E-state index contributed by atoms with van der Waals surface area (Å²) in [5.41, 5.74) is 5.89. The molecule has 2 aliphatic rings. The highest BCUT2D eigenvalue weighted by atomic mass is 16.5. The Balaban J connectivity index is 1.44. The van der Waals surface area contributed by atoms with Gasteiger partial charge in [-0.15, -0.1) is 0 Å². The van der Waals surface area contributed by atoms with Crippen molar-refractivity contribution in [2.24, 2.45) is 10.7 Å². The molecule has 1 atom stereocenters. The Kier molecular flexibility index (Phi) is 8.60. The third-order valence-electron chi connectivity index (χ3n) is 4.30. The molecule has 0 aromatic carbocycles. The molecule has 6 nitrogen and oxygen atoms in total. The van der Waals surface area contributed by atoms with E-state index in [4.69, 9.17) is 15.2 Å². The molecule has 2 rings (SSSR count). The summed E-state index contributed by atoms with van der Waals surface area (Å²) in [6.07, 6.45) is 7.47. The van der Waals surface area contributed by atoms with Gasteiger partial charge in [-0.1, -0.05) is 0 Å². The number of guanidine groups is 1. The van der Waals surface area contributed by atoms with E-state index in [0.29, 0.717) is 12.1 Å². The van der Waals surface area contributed by atoms with Gasteiger partial charge in [0.2, 0.25) is 0 Å². The van der Waals surface area contributed by atoms with E-state index in [1.165, 1.54) is 19.3 Å². The van der Waals surface area contributed by atoms with Gasteiger partial charge in [-0.2, -0.15) is 0 Å². The van der Waals surface area contributed by atoms with E-state index < -0.39 is 0 Å². The first-order valence-corrected chi connectivity index (χ1v) is 8.80. The fourth-order valence-electron chi connectivity index (χ4n) is 2.96. The zero-order valence-electron chi connectivity index (χ0n) is 13.8. The van der Waals surface area contributed by atoms with Gasteiger partial charge in [0.15, 0.2) is 5.96 Å². The topological polar surface area (TPSA) is 72.1 Å². The molecule has 3 N–H and O–H groups in total. The quantitative estimate of drug-likeness (QED) is 0.397. The summed E-state index contributed by atoms with van der Waals surface area (Å²) in [4.78, 5) is 6.81. The summed E-state index contributed by atoms with van der Waals surface area (Å²) in [7, 11) is 0. The van der Waals surface area contributed by atoms with Crippen molar-refractivity contribution in [3.63, 3.8) is 0 Å². The monoisotopic (exact) mass is 312 g/mol. The first kappa shape index (κ1) is 17.5. The zero-order valence-corrected chi connectivity index (χ0v) is 13.8. The first-order valence-electron chi connectivity index (χ1n) is 8.80. The van der Waals surface area contributed by atoms with E-state index in [1.54, 1.807) is 0 Å². The van der Waals surface area contributed by atoms with Crippen LogP contribution in [0.15, 0.2) is 4.99 Å². The second-order valence-electron chi connectivity index (χ2n) is 6.13. The highest BCUT2D eigenvalue weighted by Crippen LogP contribution is 2.16. The lowest BCUT2D eigenvalue weighted by atomic mass is 10.0. The second kappa shape index (κ2) is 10.8. The Morgan fingerprint density at radius 1 is 1.18 bits per heavy atom. The van der Waals surface area contributed by atoms with Crippen molar-refractivity contribution in [1.29, 1.82) is 0 Å². The average Bonchev–Trinajstić information content (AvgIpc) is 2.57. The summed E-state index contributed by atoms with van der Waals surface area (Å²) in [5.74, 6) is 0.576. The van der Waals surface area contributed by atoms with E-state index in [0.717, 1.165) is 71.8 Å². The molecular weight excluding hydrogens is 280 g/mol. The van der Waals surface area contributed by atoms with Gasteiger partial charge >= 0.3 is 0 Å². The first-order chi connectivity index (χ1) is 10.8. The molecule has 6 heteroatoms. The Morgan fingerprint density at radius 3 is 2.82 bits per heavy atom. The highest BCUT2D eigenvalue weighted by Gasteiger charge is 2.12. The van der Waals surface area contributed by atoms with E-state index in [9.17, 15) is 0 Å². The average molecular weight is 312 g/mol. The van der Waals surface area contributed by atoms with Crippen LogP contribution in [-0.2, 0) is 9.47 Å². The number of aliphatic imine (C=N–C) groups is 1. The van der Waals surface area contributed by atoms with Crippen LogP contribution in [-0.4, -0.2) is 69.5 Å². The molecule has 0 radical (unpaired) electrons. The van der Waals surface area contributed by atoms with Crippen LogP contribution in [0.4, 0.5) is 0 Å². The molecule has 2 heterocycles. The fraction of sp³-hybridized carbons (Fsp3) is 0.938. The maximum Gasteiger partial charge on any atom is 0.188 e. The summed E-state index contributed by atoms with van der Waals surface area (Å²) in [6, 6.07) is 0. The van der Waals surface area contributed by atoms with Crippen LogP contribution in [0, 0.1) is 0 Å². The minimum atomic E-state index is 0.460. The molecule has 0 aromatic rings. The lowest BCUT2D eigenvalue weighted by Crippen LogP contribution is -2.37. The van der Waals surface area contributed by atoms with E-state index in [2.05, 4.69) is 15.2 Å². The van der Waals surface area contributed by atoms with Gasteiger partial charge in [-0.05, 0) is 38.5 Å². The standard InChI is InChI=1S/C16H32N4O2/c17-16(18-7-3-6-15-5-1-2-12-22-15)19-8-4-9-20-10-13-21-14-11-20/h15H,1-14H2,(H3,17,18,19). The second-order valence-corrected chi connectivity index (χ2v) is 6.13. The summed E-state index contributed by atoms with van der Waals surface area (Å²) in [5, 5.41) is 3.20. The maximum absolute atomic E-state index is 5.89. The Labute approximate surface area is 134 Å². The summed E-state index contributed by atoms with van der Waals surface area (Å²) >= 11 is 0. The van der Waals surface area contributed by atoms with Crippen LogP contribution in [0.25, 0.3) is 0 Å². The number of nitrogens with two attached hydrogens (primary N) is 1. The van der Waals surface area contributed by atoms with Crippen molar-refractivity contribution in [2.75, 3.05) is 52.5 Å². The largest absolute Gasteiger partial charge is 0.379 e. The molecule has 0 saturated carbocycles. The summed E-state index contributed by atoms with van der Waals surface area (Å²) < 4.78 is 11.1. The lowest BCUT2D eigenvalue weighted by Gasteiger charge is -2.26. The Bertz CT molecular complexity index is 313. The molecule has 1 unspecified atom stereocenters. The maximum atomic E-state index is 5.89. The highest BCUT2D eigenvalue weighted by molar-refractivity contribution is 5.77. The van der Waals surface area contributed by atoms with Gasteiger partial charge in [-0.25, -0.2) is 0 Å². The molecular formula is C16H32N4O2. The molecule has 0 bridgehead atoms. The van der Waals surface area contributed by atoms with Gasteiger partial charge in [0.25, 0.3) is 0 Å². The number of rotatable bonds is 8. The van der Waals surface area contributed by atoms with Gasteiger partial charge in [-0.3, -0.25) is 9.89 Å². The molecule has 2 saturated heterocycles. The molecule has 0 amide bonds. The van der Waals surface area contributed by atoms with Gasteiger partial charge < -0.3 is 20.5 Å².